The number of hydrogen-bond acceptors (Lipinski definition) is 2. The van der Waals surface area contributed by atoms with Crippen molar-refractivity contribution >= 4 is 35.3 Å². The lowest BCUT2D eigenvalue weighted by Gasteiger charge is -2.12. The minimum absolute atomic E-state index is 0. The first-order chi connectivity index (χ1) is 7.20. The zero-order valence-corrected chi connectivity index (χ0v) is 10.6. The highest BCUT2D eigenvalue weighted by molar-refractivity contribution is 7.08. The summed E-state index contributed by atoms with van der Waals surface area (Å²) in [6, 6.07) is 6.23. The molecule has 0 aliphatic rings. The molecule has 1 aromatic heterocycles. The van der Waals surface area contributed by atoms with E-state index in [1.54, 1.807) is 23.5 Å². The molecule has 0 unspecified atom stereocenters. The van der Waals surface area contributed by atoms with Crippen molar-refractivity contribution in [2.75, 3.05) is 0 Å². The lowest BCUT2D eigenvalue weighted by molar-refractivity contribution is 0.624. The molecule has 2 aromatic rings. The Hall–Kier alpha value is -0.610. The van der Waals surface area contributed by atoms with Gasteiger partial charge >= 0.3 is 0 Å². The van der Waals surface area contributed by atoms with Crippen molar-refractivity contribution in [3.63, 3.8) is 0 Å². The van der Waals surface area contributed by atoms with E-state index in [1.165, 1.54) is 6.07 Å². The Bertz CT molecular complexity index is 459. The number of nitrogens with two attached hydrogens (primary N) is 1. The van der Waals surface area contributed by atoms with Crippen LogP contribution in [0.2, 0.25) is 5.02 Å². The van der Waals surface area contributed by atoms with Gasteiger partial charge in [-0.3, -0.25) is 0 Å². The molecule has 0 bridgehead atoms. The van der Waals surface area contributed by atoms with E-state index in [2.05, 4.69) is 0 Å². The van der Waals surface area contributed by atoms with Crippen LogP contribution in [-0.2, 0) is 0 Å². The molecule has 0 spiro atoms. The van der Waals surface area contributed by atoms with Gasteiger partial charge in [0.1, 0.15) is 5.82 Å². The second-order valence-corrected chi connectivity index (χ2v) is 4.34. The van der Waals surface area contributed by atoms with Gasteiger partial charge in [0.05, 0.1) is 11.1 Å². The first-order valence-electron chi connectivity index (χ1n) is 4.41. The van der Waals surface area contributed by atoms with Gasteiger partial charge in [-0.05, 0) is 34.0 Å². The third-order valence-corrected chi connectivity index (χ3v) is 3.32. The smallest absolute Gasteiger partial charge is 0.142 e. The molecule has 16 heavy (non-hydrogen) atoms. The SMILES string of the molecule is Cl.N[C@H](c1ccsc1)c1cccc(F)c1Cl. The van der Waals surface area contributed by atoms with Gasteiger partial charge < -0.3 is 5.73 Å². The van der Waals surface area contributed by atoms with E-state index in [0.717, 1.165) is 5.56 Å². The normalized spacial score (nSPS) is 11.9. The summed E-state index contributed by atoms with van der Waals surface area (Å²) in [6.45, 7) is 0. The summed E-state index contributed by atoms with van der Waals surface area (Å²) in [4.78, 5) is 0. The fraction of sp³-hybridized carbons (Fsp3) is 0.0909. The maximum absolute atomic E-state index is 13.2. The third-order valence-electron chi connectivity index (χ3n) is 2.22. The number of halogens is 3. The highest BCUT2D eigenvalue weighted by atomic mass is 35.5. The molecule has 2 N–H and O–H groups in total. The lowest BCUT2D eigenvalue weighted by atomic mass is 10.0. The maximum Gasteiger partial charge on any atom is 0.142 e. The van der Waals surface area contributed by atoms with Crippen LogP contribution in [0.25, 0.3) is 0 Å². The van der Waals surface area contributed by atoms with Gasteiger partial charge in [0.2, 0.25) is 0 Å². The van der Waals surface area contributed by atoms with Crippen molar-refractivity contribution < 1.29 is 4.39 Å². The summed E-state index contributed by atoms with van der Waals surface area (Å²) in [5.74, 6) is -0.431. The monoisotopic (exact) mass is 277 g/mol. The molecule has 1 nitrogen and oxygen atoms in total. The Kier molecular flexibility index (Phi) is 4.74. The number of hydrogen-bond donors (Lipinski definition) is 1. The topological polar surface area (TPSA) is 26.0 Å². The van der Waals surface area contributed by atoms with Gasteiger partial charge in [-0.1, -0.05) is 23.7 Å². The van der Waals surface area contributed by atoms with Gasteiger partial charge in [-0.15, -0.1) is 12.4 Å². The molecule has 0 saturated heterocycles. The quantitative estimate of drug-likeness (QED) is 0.882. The van der Waals surface area contributed by atoms with Crippen LogP contribution in [0.5, 0.6) is 0 Å². The molecule has 5 heteroatoms. The molecule has 0 radical (unpaired) electrons. The predicted octanol–water partition coefficient (Wildman–Crippen LogP) is 4.01. The van der Waals surface area contributed by atoms with E-state index in [9.17, 15) is 4.39 Å². The second-order valence-electron chi connectivity index (χ2n) is 3.18. The van der Waals surface area contributed by atoms with Crippen molar-refractivity contribution in [3.8, 4) is 0 Å². The van der Waals surface area contributed by atoms with E-state index < -0.39 is 5.82 Å². The Morgan fingerprint density at radius 2 is 2.06 bits per heavy atom. The zero-order chi connectivity index (χ0) is 10.8. The summed E-state index contributed by atoms with van der Waals surface area (Å²) in [6.07, 6.45) is 0. The van der Waals surface area contributed by atoms with Crippen LogP contribution < -0.4 is 5.73 Å². The fourth-order valence-corrected chi connectivity index (χ4v) is 2.33. The van der Waals surface area contributed by atoms with Crippen molar-refractivity contribution in [1.29, 1.82) is 0 Å². The molecule has 0 saturated carbocycles. The fourth-order valence-electron chi connectivity index (χ4n) is 1.39. The van der Waals surface area contributed by atoms with Crippen LogP contribution in [0.1, 0.15) is 17.2 Å². The Labute approximate surface area is 108 Å². The van der Waals surface area contributed by atoms with Crippen molar-refractivity contribution in [3.05, 3.63) is 57.0 Å². The van der Waals surface area contributed by atoms with Crippen LogP contribution in [0.4, 0.5) is 4.39 Å². The third kappa shape index (κ3) is 2.55. The van der Waals surface area contributed by atoms with E-state index in [-0.39, 0.29) is 23.5 Å². The number of rotatable bonds is 2. The van der Waals surface area contributed by atoms with Crippen LogP contribution in [0.3, 0.4) is 0 Å². The molecule has 0 fully saturated rings. The Morgan fingerprint density at radius 3 is 2.69 bits per heavy atom. The summed E-state index contributed by atoms with van der Waals surface area (Å²) in [5.41, 5.74) is 7.56. The van der Waals surface area contributed by atoms with Gasteiger partial charge in [0.15, 0.2) is 0 Å². The minimum atomic E-state index is -0.431. The molecule has 0 aliphatic heterocycles. The number of thiophene rings is 1. The van der Waals surface area contributed by atoms with Crippen molar-refractivity contribution in [1.82, 2.24) is 0 Å². The molecule has 0 amide bonds. The van der Waals surface area contributed by atoms with E-state index >= 15 is 0 Å². The average Bonchev–Trinajstić information content (AvgIpc) is 2.74. The Balaban J connectivity index is 0.00000128. The van der Waals surface area contributed by atoms with Crippen LogP contribution in [0.15, 0.2) is 35.0 Å². The van der Waals surface area contributed by atoms with Crippen molar-refractivity contribution in [2.45, 2.75) is 6.04 Å². The first kappa shape index (κ1) is 13.5. The summed E-state index contributed by atoms with van der Waals surface area (Å²) >= 11 is 7.41. The number of benzene rings is 1. The molecular weight excluding hydrogens is 268 g/mol. The molecule has 1 atom stereocenters. The molecule has 1 aromatic carbocycles. The lowest BCUT2D eigenvalue weighted by Crippen LogP contribution is -2.11. The first-order valence-corrected chi connectivity index (χ1v) is 5.74. The van der Waals surface area contributed by atoms with E-state index in [4.69, 9.17) is 17.3 Å². The highest BCUT2D eigenvalue weighted by Gasteiger charge is 2.14. The van der Waals surface area contributed by atoms with Crippen LogP contribution >= 0.6 is 35.3 Å². The van der Waals surface area contributed by atoms with Gasteiger partial charge in [0, 0.05) is 0 Å². The van der Waals surface area contributed by atoms with Gasteiger partial charge in [-0.2, -0.15) is 11.3 Å². The molecule has 86 valence electrons. The zero-order valence-electron chi connectivity index (χ0n) is 8.19. The largest absolute Gasteiger partial charge is 0.320 e. The maximum atomic E-state index is 13.2. The second kappa shape index (κ2) is 5.64. The summed E-state index contributed by atoms with van der Waals surface area (Å²) < 4.78 is 13.2. The van der Waals surface area contributed by atoms with Crippen LogP contribution in [0, 0.1) is 5.82 Å². The Morgan fingerprint density at radius 1 is 1.31 bits per heavy atom. The van der Waals surface area contributed by atoms with Crippen LogP contribution in [-0.4, -0.2) is 0 Å². The van der Waals surface area contributed by atoms with Gasteiger partial charge in [0.25, 0.3) is 0 Å². The average molecular weight is 278 g/mol. The minimum Gasteiger partial charge on any atom is -0.320 e. The van der Waals surface area contributed by atoms with E-state index in [0.29, 0.717) is 5.56 Å². The highest BCUT2D eigenvalue weighted by Crippen LogP contribution is 2.29. The summed E-state index contributed by atoms with van der Waals surface area (Å²) in [5, 5.41) is 3.98. The standard InChI is InChI=1S/C11H9ClFNS.ClH/c12-10-8(2-1-3-9(10)13)11(14)7-4-5-15-6-7;/h1-6,11H,14H2;1H/t11-;/m1./s1. The molecule has 2 rings (SSSR count). The summed E-state index contributed by atoms with van der Waals surface area (Å²) in [7, 11) is 0. The molecule has 0 aliphatic carbocycles. The van der Waals surface area contributed by atoms with E-state index in [1.807, 2.05) is 16.8 Å². The van der Waals surface area contributed by atoms with Gasteiger partial charge in [-0.25, -0.2) is 4.39 Å². The molecule has 1 heterocycles. The molecular formula is C11H10Cl2FNS. The van der Waals surface area contributed by atoms with Crippen molar-refractivity contribution in [2.24, 2.45) is 5.73 Å². The predicted molar refractivity (Wildman–Crippen MR) is 69.0 cm³/mol.